The number of ether oxygens (including phenoxy) is 1. The average molecular weight is 353 g/mol. The van der Waals surface area contributed by atoms with E-state index < -0.39 is 0 Å². The van der Waals surface area contributed by atoms with E-state index in [0.717, 1.165) is 31.3 Å². The number of hydrogen-bond donors (Lipinski definition) is 0. The highest BCUT2D eigenvalue weighted by molar-refractivity contribution is 5.71. The molecule has 0 bridgehead atoms. The van der Waals surface area contributed by atoms with Gasteiger partial charge in [0, 0.05) is 0 Å². The Morgan fingerprint density at radius 2 is 1.44 bits per heavy atom. The molecule has 25 heavy (non-hydrogen) atoms. The van der Waals surface area contributed by atoms with Gasteiger partial charge in [0.1, 0.15) is 0 Å². The molecule has 2 fully saturated rings. The monoisotopic (exact) mass is 352 g/mol. The van der Waals surface area contributed by atoms with E-state index in [1.165, 1.54) is 70.9 Å². The van der Waals surface area contributed by atoms with Crippen LogP contribution in [0.1, 0.15) is 71.1 Å². The summed E-state index contributed by atoms with van der Waals surface area (Å²) in [5, 5.41) is 0. The number of carbonyl (C=O) groups excluding carboxylic acids is 1. The Balaban J connectivity index is 1.50. The number of carbonyl (C=O) groups is 1. The Morgan fingerprint density at radius 3 is 2.08 bits per heavy atom. The van der Waals surface area contributed by atoms with Gasteiger partial charge in [0.05, 0.1) is 13.2 Å². The molecule has 2 heterocycles. The van der Waals surface area contributed by atoms with Crippen LogP contribution < -0.4 is 0 Å². The predicted molar refractivity (Wildman–Crippen MR) is 104 cm³/mol. The van der Waals surface area contributed by atoms with Gasteiger partial charge < -0.3 is 9.64 Å². The van der Waals surface area contributed by atoms with Gasteiger partial charge in [-0.25, -0.2) is 0 Å². The molecule has 2 aliphatic rings. The first-order valence-electron chi connectivity index (χ1n) is 10.8. The first-order valence-corrected chi connectivity index (χ1v) is 10.8. The minimum atomic E-state index is -0.0219. The van der Waals surface area contributed by atoms with Gasteiger partial charge in [-0.3, -0.25) is 9.69 Å². The largest absolute Gasteiger partial charge is 0.465 e. The van der Waals surface area contributed by atoms with Gasteiger partial charge in [-0.2, -0.15) is 0 Å². The van der Waals surface area contributed by atoms with Gasteiger partial charge in [0.2, 0.25) is 0 Å². The van der Waals surface area contributed by atoms with Crippen LogP contribution in [0, 0.1) is 11.8 Å². The molecule has 0 atom stereocenters. The van der Waals surface area contributed by atoms with Gasteiger partial charge in [-0.15, -0.1) is 0 Å². The Kier molecular flexibility index (Phi) is 9.85. The van der Waals surface area contributed by atoms with Crippen LogP contribution >= 0.6 is 0 Å². The molecule has 0 N–H and O–H groups in total. The van der Waals surface area contributed by atoms with Crippen molar-refractivity contribution in [3.05, 3.63) is 0 Å². The maximum absolute atomic E-state index is 12.0. The van der Waals surface area contributed by atoms with Crippen molar-refractivity contribution in [3.8, 4) is 0 Å². The number of piperidine rings is 2. The zero-order valence-corrected chi connectivity index (χ0v) is 16.7. The molecule has 0 amide bonds. The second-order valence-corrected chi connectivity index (χ2v) is 8.24. The Bertz CT molecular complexity index is 359. The summed E-state index contributed by atoms with van der Waals surface area (Å²) < 4.78 is 5.42. The van der Waals surface area contributed by atoms with Gasteiger partial charge in [-0.05, 0) is 77.2 Å². The second kappa shape index (κ2) is 11.9. The van der Waals surface area contributed by atoms with Crippen LogP contribution in [-0.4, -0.2) is 62.1 Å². The second-order valence-electron chi connectivity index (χ2n) is 8.24. The van der Waals surface area contributed by atoms with E-state index in [0.29, 0.717) is 13.2 Å². The predicted octanol–water partition coefficient (Wildman–Crippen LogP) is 3.94. The lowest BCUT2D eigenvalue weighted by Crippen LogP contribution is -2.41. The standard InChI is InChI=1S/C21H40N2O2/c1-3-4-5-6-7-8-17-25-21(24)18-23-15-11-20(12-16-23)19-9-13-22(2)14-10-19/h19-20H,3-18H2,1-2H3. The third kappa shape index (κ3) is 8.08. The molecule has 0 unspecified atom stereocenters. The van der Waals surface area contributed by atoms with E-state index in [2.05, 4.69) is 23.8 Å². The number of nitrogens with zero attached hydrogens (tertiary/aromatic N) is 2. The van der Waals surface area contributed by atoms with Crippen molar-refractivity contribution in [1.29, 1.82) is 0 Å². The van der Waals surface area contributed by atoms with Gasteiger partial charge in [0.15, 0.2) is 0 Å². The van der Waals surface area contributed by atoms with Gasteiger partial charge >= 0.3 is 5.97 Å². The third-order valence-corrected chi connectivity index (χ3v) is 6.18. The molecule has 0 spiro atoms. The lowest BCUT2D eigenvalue weighted by Gasteiger charge is -2.39. The molecule has 0 saturated carbocycles. The van der Waals surface area contributed by atoms with Crippen LogP contribution in [0.2, 0.25) is 0 Å². The van der Waals surface area contributed by atoms with Crippen molar-refractivity contribution >= 4 is 5.97 Å². The van der Waals surface area contributed by atoms with Crippen molar-refractivity contribution in [3.63, 3.8) is 0 Å². The Labute approximate surface area is 155 Å². The molecule has 4 nitrogen and oxygen atoms in total. The summed E-state index contributed by atoms with van der Waals surface area (Å²) in [4.78, 5) is 16.7. The van der Waals surface area contributed by atoms with E-state index >= 15 is 0 Å². The molecule has 2 aliphatic heterocycles. The molecule has 2 rings (SSSR count). The lowest BCUT2D eigenvalue weighted by atomic mass is 9.79. The molecule has 0 aromatic heterocycles. The molecule has 0 radical (unpaired) electrons. The van der Waals surface area contributed by atoms with Crippen molar-refractivity contribution in [2.45, 2.75) is 71.1 Å². The molecule has 0 aromatic rings. The van der Waals surface area contributed by atoms with E-state index in [-0.39, 0.29) is 5.97 Å². The molecule has 0 aromatic carbocycles. The van der Waals surface area contributed by atoms with Crippen LogP contribution in [0.4, 0.5) is 0 Å². The SMILES string of the molecule is CCCCCCCCOC(=O)CN1CCC(C2CCN(C)CC2)CC1. The number of esters is 1. The maximum atomic E-state index is 12.0. The van der Waals surface area contributed by atoms with Crippen molar-refractivity contribution in [2.75, 3.05) is 46.4 Å². The van der Waals surface area contributed by atoms with E-state index in [1.807, 2.05) is 0 Å². The summed E-state index contributed by atoms with van der Waals surface area (Å²) in [6.07, 6.45) is 12.7. The minimum Gasteiger partial charge on any atom is -0.465 e. The Morgan fingerprint density at radius 1 is 0.880 bits per heavy atom. The quantitative estimate of drug-likeness (QED) is 0.440. The van der Waals surface area contributed by atoms with Crippen molar-refractivity contribution < 1.29 is 9.53 Å². The summed E-state index contributed by atoms with van der Waals surface area (Å²) in [6, 6.07) is 0. The van der Waals surface area contributed by atoms with Crippen LogP contribution in [0.15, 0.2) is 0 Å². The zero-order valence-electron chi connectivity index (χ0n) is 16.7. The van der Waals surface area contributed by atoms with Crippen molar-refractivity contribution in [1.82, 2.24) is 9.80 Å². The van der Waals surface area contributed by atoms with Crippen LogP contribution in [0.5, 0.6) is 0 Å². The van der Waals surface area contributed by atoms with Crippen molar-refractivity contribution in [2.24, 2.45) is 11.8 Å². The fourth-order valence-corrected chi connectivity index (χ4v) is 4.38. The molecule has 4 heteroatoms. The highest BCUT2D eigenvalue weighted by Gasteiger charge is 2.29. The van der Waals surface area contributed by atoms with E-state index in [1.54, 1.807) is 0 Å². The molecular formula is C21H40N2O2. The first kappa shape index (κ1) is 20.7. The van der Waals surface area contributed by atoms with E-state index in [4.69, 9.17) is 4.74 Å². The summed E-state index contributed by atoms with van der Waals surface area (Å²) in [7, 11) is 2.23. The average Bonchev–Trinajstić information content (AvgIpc) is 2.62. The molecule has 2 saturated heterocycles. The highest BCUT2D eigenvalue weighted by atomic mass is 16.5. The van der Waals surface area contributed by atoms with E-state index in [9.17, 15) is 4.79 Å². The van der Waals surface area contributed by atoms with Crippen LogP contribution in [0.3, 0.4) is 0 Å². The summed E-state index contributed by atoms with van der Waals surface area (Å²) in [6.45, 7) is 8.00. The smallest absolute Gasteiger partial charge is 0.320 e. The summed E-state index contributed by atoms with van der Waals surface area (Å²) >= 11 is 0. The fourth-order valence-electron chi connectivity index (χ4n) is 4.38. The zero-order chi connectivity index (χ0) is 17.9. The van der Waals surface area contributed by atoms with Crippen LogP contribution in [-0.2, 0) is 9.53 Å². The van der Waals surface area contributed by atoms with Gasteiger partial charge in [0.25, 0.3) is 0 Å². The first-order chi connectivity index (χ1) is 12.2. The minimum absolute atomic E-state index is 0.0219. The number of rotatable bonds is 10. The highest BCUT2D eigenvalue weighted by Crippen LogP contribution is 2.32. The maximum Gasteiger partial charge on any atom is 0.320 e. The normalized spacial score (nSPS) is 21.5. The molecule has 0 aliphatic carbocycles. The number of hydrogen-bond acceptors (Lipinski definition) is 4. The summed E-state index contributed by atoms with van der Waals surface area (Å²) in [5.74, 6) is 1.77. The third-order valence-electron chi connectivity index (χ3n) is 6.18. The lowest BCUT2D eigenvalue weighted by molar-refractivity contribution is -0.145. The Hall–Kier alpha value is -0.610. The summed E-state index contributed by atoms with van der Waals surface area (Å²) in [5.41, 5.74) is 0. The fraction of sp³-hybridized carbons (Fsp3) is 0.952. The van der Waals surface area contributed by atoms with Crippen LogP contribution in [0.25, 0.3) is 0 Å². The van der Waals surface area contributed by atoms with Gasteiger partial charge in [-0.1, -0.05) is 39.0 Å². The number of unbranched alkanes of at least 4 members (excludes halogenated alkanes) is 5. The topological polar surface area (TPSA) is 32.8 Å². The molecule has 146 valence electrons. The number of likely N-dealkylation sites (tertiary alicyclic amines) is 2. The molecular weight excluding hydrogens is 312 g/mol.